The molecule has 0 unspecified atom stereocenters. The number of benzene rings is 1. The van der Waals surface area contributed by atoms with Crippen molar-refractivity contribution in [3.63, 3.8) is 0 Å². The zero-order valence-corrected chi connectivity index (χ0v) is 17.6. The first-order valence-electron chi connectivity index (χ1n) is 10.5. The van der Waals surface area contributed by atoms with E-state index in [-0.39, 0.29) is 0 Å². The Morgan fingerprint density at radius 2 is 0.917 bits per heavy atom. The summed E-state index contributed by atoms with van der Waals surface area (Å²) in [5.74, 6) is 0. The molecule has 1 aromatic rings. The molecule has 1 aromatic carbocycles. The van der Waals surface area contributed by atoms with Crippen LogP contribution in [0.2, 0.25) is 0 Å². The van der Waals surface area contributed by atoms with Gasteiger partial charge in [0, 0.05) is 5.33 Å². The molecule has 0 saturated carbocycles. The fourth-order valence-electron chi connectivity index (χ4n) is 3.32. The monoisotopic (exact) mass is 394 g/mol. The molecule has 0 amide bonds. The molecule has 0 N–H and O–H groups in total. The Bertz CT molecular complexity index is 368. The largest absolute Gasteiger partial charge is 0.0876 e. The van der Waals surface area contributed by atoms with Gasteiger partial charge in [-0.25, -0.2) is 0 Å². The average Bonchev–Trinajstić information content (AvgIpc) is 2.62. The van der Waals surface area contributed by atoms with E-state index >= 15 is 0 Å². The molecule has 0 aliphatic carbocycles. The maximum atomic E-state index is 3.50. The van der Waals surface area contributed by atoms with Gasteiger partial charge in [0.05, 0.1) is 0 Å². The van der Waals surface area contributed by atoms with E-state index in [1.54, 1.807) is 0 Å². The van der Waals surface area contributed by atoms with Crippen LogP contribution in [0.3, 0.4) is 0 Å². The van der Waals surface area contributed by atoms with Crippen molar-refractivity contribution >= 4 is 15.9 Å². The fraction of sp³-hybridized carbons (Fsp3) is 0.739. The molecule has 138 valence electrons. The lowest BCUT2D eigenvalue weighted by Crippen LogP contribution is -1.87. The van der Waals surface area contributed by atoms with Crippen molar-refractivity contribution in [1.29, 1.82) is 0 Å². The molecule has 0 radical (unpaired) electrons. The first-order valence-corrected chi connectivity index (χ1v) is 11.6. The summed E-state index contributed by atoms with van der Waals surface area (Å²) in [5.41, 5.74) is 2.87. The van der Waals surface area contributed by atoms with Gasteiger partial charge in [0.15, 0.2) is 0 Å². The third kappa shape index (κ3) is 12.1. The minimum Gasteiger partial charge on any atom is -0.0876 e. The number of unbranched alkanes of at least 4 members (excludes halogenated alkanes) is 13. The van der Waals surface area contributed by atoms with Gasteiger partial charge in [-0.2, -0.15) is 0 Å². The van der Waals surface area contributed by atoms with E-state index in [0.717, 1.165) is 5.33 Å². The highest BCUT2D eigenvalue weighted by molar-refractivity contribution is 9.08. The summed E-state index contributed by atoms with van der Waals surface area (Å²) in [6, 6.07) is 9.07. The smallest absolute Gasteiger partial charge is 0.0283 e. The van der Waals surface area contributed by atoms with Crippen LogP contribution >= 0.6 is 15.9 Å². The lowest BCUT2D eigenvalue weighted by molar-refractivity contribution is 0.535. The van der Waals surface area contributed by atoms with E-state index in [2.05, 4.69) is 47.1 Å². The first kappa shape index (κ1) is 21.7. The molecular weight excluding hydrogens is 356 g/mol. The number of aryl methyl sites for hydroxylation is 1. The molecule has 24 heavy (non-hydrogen) atoms. The van der Waals surface area contributed by atoms with Crippen molar-refractivity contribution in [2.24, 2.45) is 0 Å². The predicted octanol–water partition coefficient (Wildman–Crippen LogP) is 8.61. The average molecular weight is 395 g/mol. The van der Waals surface area contributed by atoms with E-state index in [1.807, 2.05) is 0 Å². The molecule has 0 spiro atoms. The molecule has 0 heterocycles. The number of rotatable bonds is 16. The van der Waals surface area contributed by atoms with Crippen LogP contribution in [0.5, 0.6) is 0 Å². The van der Waals surface area contributed by atoms with E-state index in [9.17, 15) is 0 Å². The van der Waals surface area contributed by atoms with Crippen molar-refractivity contribution in [2.75, 3.05) is 0 Å². The van der Waals surface area contributed by atoms with E-state index in [0.29, 0.717) is 0 Å². The van der Waals surface area contributed by atoms with Gasteiger partial charge in [-0.3, -0.25) is 0 Å². The van der Waals surface area contributed by atoms with Crippen LogP contribution in [0, 0.1) is 0 Å². The van der Waals surface area contributed by atoms with Crippen molar-refractivity contribution in [1.82, 2.24) is 0 Å². The molecule has 0 nitrogen and oxygen atoms in total. The zero-order chi connectivity index (χ0) is 17.3. The van der Waals surface area contributed by atoms with Crippen LogP contribution in [-0.2, 0) is 11.8 Å². The summed E-state index contributed by atoms with van der Waals surface area (Å²) in [6.07, 6.45) is 21.4. The topological polar surface area (TPSA) is 0 Å². The van der Waals surface area contributed by atoms with Crippen molar-refractivity contribution < 1.29 is 0 Å². The van der Waals surface area contributed by atoms with E-state index in [4.69, 9.17) is 0 Å². The van der Waals surface area contributed by atoms with Crippen LogP contribution in [0.15, 0.2) is 24.3 Å². The standard InChI is InChI=1S/C23H39Br/c1-2-3-4-5-6-7-8-9-10-11-12-13-14-15-16-22-17-19-23(21-24)20-18-22/h17-20H,2-16,21H2,1H3. The number of hydrogen-bond donors (Lipinski definition) is 0. The second kappa shape index (κ2) is 16.2. The summed E-state index contributed by atoms with van der Waals surface area (Å²) in [4.78, 5) is 0. The quantitative estimate of drug-likeness (QED) is 0.194. The van der Waals surface area contributed by atoms with Crippen LogP contribution in [-0.4, -0.2) is 0 Å². The van der Waals surface area contributed by atoms with E-state index < -0.39 is 0 Å². The molecule has 0 atom stereocenters. The van der Waals surface area contributed by atoms with Gasteiger partial charge in [0.1, 0.15) is 0 Å². The predicted molar refractivity (Wildman–Crippen MR) is 113 cm³/mol. The highest BCUT2D eigenvalue weighted by Crippen LogP contribution is 2.14. The first-order chi connectivity index (χ1) is 11.9. The third-order valence-electron chi connectivity index (χ3n) is 5.00. The Morgan fingerprint density at radius 3 is 1.33 bits per heavy atom. The van der Waals surface area contributed by atoms with Gasteiger partial charge >= 0.3 is 0 Å². The second-order valence-electron chi connectivity index (χ2n) is 7.30. The van der Waals surface area contributed by atoms with Gasteiger partial charge < -0.3 is 0 Å². The summed E-state index contributed by atoms with van der Waals surface area (Å²) in [6.45, 7) is 2.29. The maximum absolute atomic E-state index is 3.50. The highest BCUT2D eigenvalue weighted by Gasteiger charge is 1.96. The van der Waals surface area contributed by atoms with Crippen molar-refractivity contribution in [2.45, 2.75) is 109 Å². The highest BCUT2D eigenvalue weighted by atomic mass is 79.9. The molecule has 0 aliphatic rings. The third-order valence-corrected chi connectivity index (χ3v) is 5.64. The number of halogens is 1. The van der Waals surface area contributed by atoms with Gasteiger partial charge in [-0.05, 0) is 24.0 Å². The zero-order valence-electron chi connectivity index (χ0n) is 16.0. The van der Waals surface area contributed by atoms with Gasteiger partial charge in [-0.1, -0.05) is 131 Å². The fourth-order valence-corrected chi connectivity index (χ4v) is 3.69. The van der Waals surface area contributed by atoms with Crippen LogP contribution < -0.4 is 0 Å². The maximum Gasteiger partial charge on any atom is 0.0283 e. The molecule has 0 saturated heterocycles. The van der Waals surface area contributed by atoms with Crippen LogP contribution in [0.25, 0.3) is 0 Å². The van der Waals surface area contributed by atoms with Crippen molar-refractivity contribution in [3.8, 4) is 0 Å². The second-order valence-corrected chi connectivity index (χ2v) is 7.86. The Balaban J connectivity index is 1.80. The van der Waals surface area contributed by atoms with Crippen molar-refractivity contribution in [3.05, 3.63) is 35.4 Å². The summed E-state index contributed by atoms with van der Waals surface area (Å²) < 4.78 is 0. The Hall–Kier alpha value is -0.300. The minimum absolute atomic E-state index is 0.964. The summed E-state index contributed by atoms with van der Waals surface area (Å²) >= 11 is 3.50. The molecule has 1 rings (SSSR count). The number of alkyl halides is 1. The Kier molecular flexibility index (Phi) is 14.7. The Labute approximate surface area is 160 Å². The lowest BCUT2D eigenvalue weighted by Gasteiger charge is -2.04. The van der Waals surface area contributed by atoms with Gasteiger partial charge in [0.2, 0.25) is 0 Å². The Morgan fingerprint density at radius 1 is 0.542 bits per heavy atom. The SMILES string of the molecule is CCCCCCCCCCCCCCCCc1ccc(CBr)cc1. The lowest BCUT2D eigenvalue weighted by atomic mass is 10.0. The molecule has 0 fully saturated rings. The van der Waals surface area contributed by atoms with Crippen LogP contribution in [0.4, 0.5) is 0 Å². The summed E-state index contributed by atoms with van der Waals surface area (Å²) in [5, 5.41) is 0.964. The molecule has 1 heteroatoms. The molecule has 0 bridgehead atoms. The normalized spacial score (nSPS) is 11.1. The summed E-state index contributed by atoms with van der Waals surface area (Å²) in [7, 11) is 0. The van der Waals surface area contributed by atoms with Gasteiger partial charge in [0.25, 0.3) is 0 Å². The molecule has 0 aromatic heterocycles. The minimum atomic E-state index is 0.964. The van der Waals surface area contributed by atoms with Crippen LogP contribution in [0.1, 0.15) is 108 Å². The van der Waals surface area contributed by atoms with Gasteiger partial charge in [-0.15, -0.1) is 0 Å². The molecular formula is C23H39Br. The number of hydrogen-bond acceptors (Lipinski definition) is 0. The van der Waals surface area contributed by atoms with E-state index in [1.165, 1.54) is 107 Å². The molecule has 0 aliphatic heterocycles.